The number of Topliss-reactive ketones (excluding diaryl/α,β-unsaturated/α-hetero) is 1. The van der Waals surface area contributed by atoms with Crippen molar-refractivity contribution in [2.24, 2.45) is 5.92 Å². The Morgan fingerprint density at radius 1 is 1.03 bits per heavy atom. The molecule has 0 aliphatic rings. The summed E-state index contributed by atoms with van der Waals surface area (Å²) in [5.41, 5.74) is 0.360. The van der Waals surface area contributed by atoms with Gasteiger partial charge in [-0.15, -0.1) is 0 Å². The summed E-state index contributed by atoms with van der Waals surface area (Å²) in [7, 11) is 1.31. The first-order valence-electron chi connectivity index (χ1n) is 9.12. The van der Waals surface area contributed by atoms with E-state index in [-0.39, 0.29) is 34.4 Å². The number of carbonyl (C=O) groups excluding carboxylic acids is 3. The van der Waals surface area contributed by atoms with Gasteiger partial charge in [-0.3, -0.25) is 19.7 Å². The van der Waals surface area contributed by atoms with E-state index in [4.69, 9.17) is 9.47 Å². The van der Waals surface area contributed by atoms with Crippen molar-refractivity contribution < 1.29 is 28.8 Å². The molecule has 0 aliphatic heterocycles. The molecule has 0 aromatic heterocycles. The first-order chi connectivity index (χ1) is 14.1. The molecule has 0 saturated carbocycles. The Balaban J connectivity index is 2.12. The number of benzene rings is 2. The topological polar surface area (TPSA) is 125 Å². The molecule has 1 N–H and O–H groups in total. The number of nitrogens with one attached hydrogen (secondary N) is 1. The lowest BCUT2D eigenvalue weighted by atomic mass is 10.1. The minimum Gasteiger partial charge on any atom is -0.496 e. The van der Waals surface area contributed by atoms with E-state index < -0.39 is 22.8 Å². The zero-order valence-corrected chi connectivity index (χ0v) is 17.0. The molecule has 0 aliphatic carbocycles. The van der Waals surface area contributed by atoms with Crippen LogP contribution in [0.4, 0.5) is 11.4 Å². The highest BCUT2D eigenvalue weighted by molar-refractivity contribution is 6.02. The number of anilines is 1. The monoisotopic (exact) mass is 414 g/mol. The minimum atomic E-state index is -1.14. The molecule has 2 aromatic rings. The number of esters is 1. The molecule has 1 atom stereocenters. The molecule has 9 nitrogen and oxygen atoms in total. The largest absolute Gasteiger partial charge is 0.496 e. The van der Waals surface area contributed by atoms with Gasteiger partial charge in [-0.2, -0.15) is 0 Å². The number of non-ortho nitro benzene ring substituents is 1. The van der Waals surface area contributed by atoms with Crippen molar-refractivity contribution in [1.82, 2.24) is 0 Å². The summed E-state index contributed by atoms with van der Waals surface area (Å²) in [5, 5.41) is 13.7. The fraction of sp³-hybridized carbons (Fsp3) is 0.286. The summed E-state index contributed by atoms with van der Waals surface area (Å²) < 4.78 is 10.2. The van der Waals surface area contributed by atoms with Gasteiger partial charge in [-0.05, 0) is 37.3 Å². The van der Waals surface area contributed by atoms with Crippen LogP contribution in [-0.4, -0.2) is 35.8 Å². The van der Waals surface area contributed by atoms with Gasteiger partial charge in [-0.25, -0.2) is 4.79 Å². The molecule has 30 heavy (non-hydrogen) atoms. The highest BCUT2D eigenvalue weighted by Gasteiger charge is 2.24. The molecule has 0 heterocycles. The van der Waals surface area contributed by atoms with E-state index in [0.29, 0.717) is 5.69 Å². The Bertz CT molecular complexity index is 968. The van der Waals surface area contributed by atoms with Gasteiger partial charge in [0.25, 0.3) is 5.69 Å². The lowest BCUT2D eigenvalue weighted by Gasteiger charge is -2.14. The zero-order valence-electron chi connectivity index (χ0n) is 17.0. The number of nitro groups is 1. The van der Waals surface area contributed by atoms with Gasteiger partial charge in [0.2, 0.25) is 11.7 Å². The lowest BCUT2D eigenvalue weighted by Crippen LogP contribution is -2.25. The van der Waals surface area contributed by atoms with Crippen LogP contribution in [0.2, 0.25) is 0 Å². The Labute approximate surface area is 173 Å². The summed E-state index contributed by atoms with van der Waals surface area (Å²) in [6, 6.07) is 9.68. The highest BCUT2D eigenvalue weighted by atomic mass is 16.6. The number of nitrogens with zero attached hydrogens (tertiary/aromatic N) is 1. The van der Waals surface area contributed by atoms with Gasteiger partial charge in [-0.1, -0.05) is 13.8 Å². The third kappa shape index (κ3) is 5.40. The van der Waals surface area contributed by atoms with Gasteiger partial charge in [0.1, 0.15) is 11.3 Å². The zero-order chi connectivity index (χ0) is 22.4. The first kappa shape index (κ1) is 22.5. The van der Waals surface area contributed by atoms with Gasteiger partial charge in [0, 0.05) is 29.3 Å². The molecule has 158 valence electrons. The quantitative estimate of drug-likeness (QED) is 0.303. The van der Waals surface area contributed by atoms with E-state index in [9.17, 15) is 24.5 Å². The van der Waals surface area contributed by atoms with Crippen molar-refractivity contribution >= 4 is 29.0 Å². The van der Waals surface area contributed by atoms with Gasteiger partial charge in [0.05, 0.1) is 12.0 Å². The second-order valence-electron chi connectivity index (χ2n) is 6.77. The average Bonchev–Trinajstić information content (AvgIpc) is 2.72. The number of methoxy groups -OCH3 is 1. The van der Waals surface area contributed by atoms with Crippen LogP contribution < -0.4 is 10.1 Å². The van der Waals surface area contributed by atoms with E-state index in [1.807, 2.05) is 0 Å². The molecule has 2 aromatic carbocycles. The standard InChI is InChI=1S/C21H22N2O7/c1-12(2)20(25)22-15-7-5-14(6-8-15)19(24)13(3)30-21(26)17-11-16(23(27)28)9-10-18(17)29-4/h5-13H,1-4H3,(H,22,25)/t13-/m1/s1. The van der Waals surface area contributed by atoms with Crippen molar-refractivity contribution in [2.75, 3.05) is 12.4 Å². The fourth-order valence-electron chi connectivity index (χ4n) is 2.49. The molecule has 0 saturated heterocycles. The number of carbonyl (C=O) groups is 3. The van der Waals surface area contributed by atoms with Crippen molar-refractivity contribution in [3.8, 4) is 5.75 Å². The number of hydrogen-bond acceptors (Lipinski definition) is 7. The van der Waals surface area contributed by atoms with Crippen LogP contribution in [0.15, 0.2) is 42.5 Å². The third-order valence-electron chi connectivity index (χ3n) is 4.23. The first-order valence-corrected chi connectivity index (χ1v) is 9.12. The van der Waals surface area contributed by atoms with Crippen LogP contribution >= 0.6 is 0 Å². The minimum absolute atomic E-state index is 0.0931. The van der Waals surface area contributed by atoms with Crippen molar-refractivity contribution in [3.63, 3.8) is 0 Å². The second-order valence-corrected chi connectivity index (χ2v) is 6.77. The van der Waals surface area contributed by atoms with Crippen LogP contribution in [-0.2, 0) is 9.53 Å². The SMILES string of the molecule is COc1ccc([N+](=O)[O-])cc1C(=O)O[C@H](C)C(=O)c1ccc(NC(=O)C(C)C)cc1. The molecule has 0 unspecified atom stereocenters. The Morgan fingerprint density at radius 2 is 1.67 bits per heavy atom. The fourth-order valence-corrected chi connectivity index (χ4v) is 2.49. The van der Waals surface area contributed by atoms with E-state index in [2.05, 4.69) is 5.32 Å². The summed E-state index contributed by atoms with van der Waals surface area (Å²) in [5.74, 6) is -1.62. The van der Waals surface area contributed by atoms with Crippen molar-refractivity contribution in [3.05, 3.63) is 63.7 Å². The molecular formula is C21H22N2O7. The molecular weight excluding hydrogens is 392 g/mol. The highest BCUT2D eigenvalue weighted by Crippen LogP contribution is 2.25. The molecule has 2 rings (SSSR count). The number of ether oxygens (including phenoxy) is 2. The Kier molecular flexibility index (Phi) is 7.24. The van der Waals surface area contributed by atoms with Crippen LogP contribution in [0, 0.1) is 16.0 Å². The number of ketones is 1. The summed E-state index contributed by atoms with van der Waals surface area (Å²) in [4.78, 5) is 47.1. The summed E-state index contributed by atoms with van der Waals surface area (Å²) >= 11 is 0. The number of nitro benzene ring substituents is 1. The van der Waals surface area contributed by atoms with Crippen LogP contribution in [0.25, 0.3) is 0 Å². The molecule has 1 amide bonds. The smallest absolute Gasteiger partial charge is 0.342 e. The Hall–Kier alpha value is -3.75. The van der Waals surface area contributed by atoms with Gasteiger partial charge in [0.15, 0.2) is 6.10 Å². The van der Waals surface area contributed by atoms with Gasteiger partial charge < -0.3 is 14.8 Å². The lowest BCUT2D eigenvalue weighted by molar-refractivity contribution is -0.384. The predicted molar refractivity (Wildman–Crippen MR) is 109 cm³/mol. The maximum absolute atomic E-state index is 12.6. The van der Waals surface area contributed by atoms with Crippen LogP contribution in [0.3, 0.4) is 0 Å². The third-order valence-corrected chi connectivity index (χ3v) is 4.23. The molecule has 0 bridgehead atoms. The predicted octanol–water partition coefficient (Wildman–Crippen LogP) is 3.63. The van der Waals surface area contributed by atoms with Crippen LogP contribution in [0.5, 0.6) is 5.75 Å². The van der Waals surface area contributed by atoms with Crippen molar-refractivity contribution in [2.45, 2.75) is 26.9 Å². The number of amides is 1. The normalized spacial score (nSPS) is 11.5. The maximum Gasteiger partial charge on any atom is 0.342 e. The maximum atomic E-state index is 12.6. The second kappa shape index (κ2) is 9.64. The van der Waals surface area contributed by atoms with E-state index in [0.717, 1.165) is 6.07 Å². The van der Waals surface area contributed by atoms with Gasteiger partial charge >= 0.3 is 5.97 Å². The average molecular weight is 414 g/mol. The van der Waals surface area contributed by atoms with Crippen molar-refractivity contribution in [1.29, 1.82) is 0 Å². The molecule has 0 radical (unpaired) electrons. The molecule has 0 fully saturated rings. The Morgan fingerprint density at radius 3 is 2.20 bits per heavy atom. The summed E-state index contributed by atoms with van der Waals surface area (Å²) in [6.07, 6.45) is -1.14. The molecule has 0 spiro atoms. The number of rotatable bonds is 8. The van der Waals surface area contributed by atoms with E-state index in [1.165, 1.54) is 38.3 Å². The molecule has 9 heteroatoms. The van der Waals surface area contributed by atoms with Crippen LogP contribution in [0.1, 0.15) is 41.5 Å². The van der Waals surface area contributed by atoms with E-state index in [1.54, 1.807) is 26.0 Å². The summed E-state index contributed by atoms with van der Waals surface area (Å²) in [6.45, 7) is 4.93. The number of hydrogen-bond donors (Lipinski definition) is 1. The van der Waals surface area contributed by atoms with E-state index >= 15 is 0 Å².